The molecule has 0 unspecified atom stereocenters. The molecule has 1 heterocycles. The number of nitrogens with zero attached hydrogens (tertiary/aromatic N) is 1. The molecule has 1 aliphatic heterocycles. The van der Waals surface area contributed by atoms with Crippen molar-refractivity contribution in [2.45, 2.75) is 0 Å². The van der Waals surface area contributed by atoms with Crippen molar-refractivity contribution in [1.82, 2.24) is 4.90 Å². The first-order chi connectivity index (χ1) is 14.3. The highest BCUT2D eigenvalue weighted by molar-refractivity contribution is 8.26. The molecule has 1 saturated heterocycles. The number of amides is 2. The second-order valence-electron chi connectivity index (χ2n) is 6.12. The molecule has 8 nitrogen and oxygen atoms in total. The van der Waals surface area contributed by atoms with Crippen LogP contribution in [0.2, 0.25) is 0 Å². The van der Waals surface area contributed by atoms with Gasteiger partial charge in [0.1, 0.15) is 22.4 Å². The number of nitrogens with one attached hydrogen (secondary N) is 1. The topological polar surface area (TPSA) is 116 Å². The number of methoxy groups -OCH3 is 1. The molecular formula is C20H16N2O6S2. The number of carbonyl (C=O) groups is 3. The lowest BCUT2D eigenvalue weighted by molar-refractivity contribution is -0.126. The van der Waals surface area contributed by atoms with Gasteiger partial charge < -0.3 is 20.3 Å². The first kappa shape index (κ1) is 21.3. The van der Waals surface area contributed by atoms with E-state index in [2.05, 4.69) is 5.32 Å². The Bertz CT molecular complexity index is 1070. The zero-order valence-corrected chi connectivity index (χ0v) is 17.3. The Morgan fingerprint density at radius 1 is 1.23 bits per heavy atom. The lowest BCUT2D eigenvalue weighted by Gasteiger charge is -2.15. The summed E-state index contributed by atoms with van der Waals surface area (Å²) in [6.45, 7) is -0.370. The predicted octanol–water partition coefficient (Wildman–Crippen LogP) is 2.94. The number of thiocarbonyl (C=S) groups is 1. The smallest absolute Gasteiger partial charge is 0.337 e. The minimum atomic E-state index is -1.31. The Labute approximate surface area is 181 Å². The van der Waals surface area contributed by atoms with E-state index in [9.17, 15) is 24.6 Å². The van der Waals surface area contributed by atoms with Crippen molar-refractivity contribution in [3.63, 3.8) is 0 Å². The number of ether oxygens (including phenoxy) is 1. The number of hydrogen-bond donors (Lipinski definition) is 3. The number of anilines is 1. The average molecular weight is 444 g/mol. The highest BCUT2D eigenvalue weighted by Gasteiger charge is 2.33. The van der Waals surface area contributed by atoms with Crippen LogP contribution in [0.25, 0.3) is 6.08 Å². The van der Waals surface area contributed by atoms with E-state index in [0.717, 1.165) is 28.3 Å². The van der Waals surface area contributed by atoms with Gasteiger partial charge in [0, 0.05) is 0 Å². The van der Waals surface area contributed by atoms with Crippen LogP contribution in [0.1, 0.15) is 15.9 Å². The van der Waals surface area contributed by atoms with E-state index in [0.29, 0.717) is 10.7 Å². The zero-order valence-electron chi connectivity index (χ0n) is 15.6. The van der Waals surface area contributed by atoms with Gasteiger partial charge in [-0.25, -0.2) is 4.79 Å². The standard InChI is InChI=1S/C20H16N2O6S2/c1-28-13-5-2-11(3-6-13)8-16-18(25)22(20(29)30-16)10-17(24)21-15-7-4-12(23)9-14(15)19(26)27/h2-9,23H,10H2,1H3,(H,21,24)(H,26,27)/b16-8+. The molecule has 1 aliphatic rings. The SMILES string of the molecule is COc1ccc(/C=C2/SC(=S)N(CC(=O)Nc3ccc(O)cc3C(=O)O)C2=O)cc1. The summed E-state index contributed by atoms with van der Waals surface area (Å²) in [6.07, 6.45) is 1.67. The predicted molar refractivity (Wildman–Crippen MR) is 117 cm³/mol. The molecule has 3 rings (SSSR count). The van der Waals surface area contributed by atoms with Crippen molar-refractivity contribution in [2.75, 3.05) is 19.0 Å². The molecular weight excluding hydrogens is 428 g/mol. The van der Waals surface area contributed by atoms with Crippen LogP contribution in [0.4, 0.5) is 5.69 Å². The minimum Gasteiger partial charge on any atom is -0.508 e. The lowest BCUT2D eigenvalue weighted by atomic mass is 10.1. The molecule has 2 aromatic carbocycles. The van der Waals surface area contributed by atoms with Crippen LogP contribution < -0.4 is 10.1 Å². The van der Waals surface area contributed by atoms with Crippen LogP contribution in [-0.4, -0.2) is 50.9 Å². The summed E-state index contributed by atoms with van der Waals surface area (Å²) >= 11 is 6.29. The first-order valence-corrected chi connectivity index (χ1v) is 9.76. The summed E-state index contributed by atoms with van der Waals surface area (Å²) in [4.78, 5) is 37.9. The Morgan fingerprint density at radius 3 is 2.57 bits per heavy atom. The first-order valence-electron chi connectivity index (χ1n) is 8.54. The molecule has 10 heteroatoms. The monoisotopic (exact) mass is 444 g/mol. The molecule has 0 atom stereocenters. The average Bonchev–Trinajstić information content (AvgIpc) is 2.97. The third-order valence-corrected chi connectivity index (χ3v) is 5.47. The van der Waals surface area contributed by atoms with Gasteiger partial charge in [-0.05, 0) is 42.0 Å². The molecule has 0 saturated carbocycles. The molecule has 1 fully saturated rings. The van der Waals surface area contributed by atoms with Crippen LogP contribution >= 0.6 is 24.0 Å². The summed E-state index contributed by atoms with van der Waals surface area (Å²) in [5.74, 6) is -1.91. The van der Waals surface area contributed by atoms with E-state index in [4.69, 9.17) is 17.0 Å². The maximum absolute atomic E-state index is 12.7. The third kappa shape index (κ3) is 4.78. The number of carboxylic acid groups (broad SMARTS) is 1. The van der Waals surface area contributed by atoms with E-state index < -0.39 is 17.8 Å². The fourth-order valence-electron chi connectivity index (χ4n) is 2.64. The number of phenols is 1. The van der Waals surface area contributed by atoms with Gasteiger partial charge in [0.25, 0.3) is 5.91 Å². The summed E-state index contributed by atoms with van der Waals surface area (Å²) in [5.41, 5.74) is 0.508. The van der Waals surface area contributed by atoms with Crippen molar-refractivity contribution >= 4 is 57.8 Å². The summed E-state index contributed by atoms with van der Waals surface area (Å²) < 4.78 is 5.32. The van der Waals surface area contributed by atoms with Gasteiger partial charge in [0.05, 0.1) is 23.3 Å². The molecule has 2 amide bonds. The Hall–Kier alpha value is -3.37. The summed E-state index contributed by atoms with van der Waals surface area (Å²) in [7, 11) is 1.56. The second-order valence-corrected chi connectivity index (χ2v) is 7.80. The highest BCUT2D eigenvalue weighted by Crippen LogP contribution is 2.32. The van der Waals surface area contributed by atoms with Gasteiger partial charge in [-0.2, -0.15) is 0 Å². The van der Waals surface area contributed by atoms with E-state index in [1.54, 1.807) is 37.5 Å². The summed E-state index contributed by atoms with van der Waals surface area (Å²) in [6, 6.07) is 10.6. The van der Waals surface area contributed by atoms with E-state index >= 15 is 0 Å². The molecule has 0 radical (unpaired) electrons. The highest BCUT2D eigenvalue weighted by atomic mass is 32.2. The van der Waals surface area contributed by atoms with Crippen LogP contribution in [0.3, 0.4) is 0 Å². The summed E-state index contributed by atoms with van der Waals surface area (Å²) in [5, 5.41) is 21.1. The maximum atomic E-state index is 12.7. The fraction of sp³-hybridized carbons (Fsp3) is 0.100. The van der Waals surface area contributed by atoms with Gasteiger partial charge in [0.15, 0.2) is 0 Å². The molecule has 30 heavy (non-hydrogen) atoms. The van der Waals surface area contributed by atoms with Gasteiger partial charge in [-0.3, -0.25) is 14.5 Å². The maximum Gasteiger partial charge on any atom is 0.337 e. The largest absolute Gasteiger partial charge is 0.508 e. The van der Waals surface area contributed by atoms with Crippen LogP contribution in [0.15, 0.2) is 47.4 Å². The number of hydrogen-bond acceptors (Lipinski definition) is 7. The van der Waals surface area contributed by atoms with Gasteiger partial charge in [-0.1, -0.05) is 36.1 Å². The van der Waals surface area contributed by atoms with Crippen LogP contribution in [-0.2, 0) is 9.59 Å². The third-order valence-electron chi connectivity index (χ3n) is 4.10. The number of benzene rings is 2. The number of carbonyl (C=O) groups excluding carboxylic acids is 2. The Balaban J connectivity index is 1.72. The lowest BCUT2D eigenvalue weighted by Crippen LogP contribution is -2.36. The number of rotatable bonds is 6. The normalized spacial score (nSPS) is 14.8. The van der Waals surface area contributed by atoms with Crippen LogP contribution in [0, 0.1) is 0 Å². The second kappa shape index (κ2) is 8.97. The van der Waals surface area contributed by atoms with E-state index in [1.165, 1.54) is 12.1 Å². The molecule has 0 spiro atoms. The van der Waals surface area contributed by atoms with Crippen molar-refractivity contribution < 1.29 is 29.3 Å². The van der Waals surface area contributed by atoms with Crippen molar-refractivity contribution in [3.8, 4) is 11.5 Å². The molecule has 0 bridgehead atoms. The number of aromatic carboxylic acids is 1. The van der Waals surface area contributed by atoms with Gasteiger partial charge in [0.2, 0.25) is 5.91 Å². The van der Waals surface area contributed by atoms with Crippen molar-refractivity contribution in [1.29, 1.82) is 0 Å². The van der Waals surface area contributed by atoms with Crippen molar-refractivity contribution in [3.05, 3.63) is 58.5 Å². The van der Waals surface area contributed by atoms with Gasteiger partial charge >= 0.3 is 5.97 Å². The quantitative estimate of drug-likeness (QED) is 0.354. The molecule has 2 aromatic rings. The zero-order chi connectivity index (χ0) is 21.8. The molecule has 154 valence electrons. The van der Waals surface area contributed by atoms with E-state index in [1.807, 2.05) is 0 Å². The Kier molecular flexibility index (Phi) is 6.38. The van der Waals surface area contributed by atoms with Gasteiger partial charge in [-0.15, -0.1) is 0 Å². The Morgan fingerprint density at radius 2 is 1.93 bits per heavy atom. The number of aromatic hydroxyl groups is 1. The number of phenolic OH excluding ortho intramolecular Hbond substituents is 1. The molecule has 3 N–H and O–H groups in total. The fourth-order valence-corrected chi connectivity index (χ4v) is 3.89. The van der Waals surface area contributed by atoms with Crippen molar-refractivity contribution in [2.24, 2.45) is 0 Å². The van der Waals surface area contributed by atoms with E-state index in [-0.39, 0.29) is 27.9 Å². The number of carboxylic acids is 1. The minimum absolute atomic E-state index is 0.00418. The number of thioether (sulfide) groups is 1. The molecule has 0 aromatic heterocycles. The molecule has 0 aliphatic carbocycles. The van der Waals surface area contributed by atoms with Crippen LogP contribution in [0.5, 0.6) is 11.5 Å².